The summed E-state index contributed by atoms with van der Waals surface area (Å²) in [6.45, 7) is 6.34. The van der Waals surface area contributed by atoms with Crippen LogP contribution in [0.4, 0.5) is 13.2 Å². The molecular weight excluding hydrogens is 395 g/mol. The fraction of sp³-hybridized carbons (Fsp3) is 0.318. The lowest BCUT2D eigenvalue weighted by Gasteiger charge is -2.13. The number of rotatable bonds is 6. The second kappa shape index (κ2) is 8.69. The zero-order chi connectivity index (χ0) is 21.9. The molecule has 0 saturated carbocycles. The van der Waals surface area contributed by atoms with E-state index >= 15 is 0 Å². The monoisotopic (exact) mass is 417 g/mol. The smallest absolute Gasteiger partial charge is 0.406 e. The van der Waals surface area contributed by atoms with E-state index in [0.717, 1.165) is 24.0 Å². The van der Waals surface area contributed by atoms with Gasteiger partial charge in [0.05, 0.1) is 11.0 Å². The average Bonchev–Trinajstić information content (AvgIpc) is 2.67. The maximum Gasteiger partial charge on any atom is 0.573 e. The molecule has 0 aliphatic carbocycles. The minimum atomic E-state index is -4.82. The number of hydrogen-bond donors (Lipinski definition) is 1. The molecule has 1 aromatic heterocycles. The van der Waals surface area contributed by atoms with Gasteiger partial charge in [-0.2, -0.15) is 0 Å². The molecule has 0 bridgehead atoms. The summed E-state index contributed by atoms with van der Waals surface area (Å²) >= 11 is 0. The van der Waals surface area contributed by atoms with Crippen LogP contribution < -0.4 is 10.1 Å². The van der Waals surface area contributed by atoms with Gasteiger partial charge in [0, 0.05) is 12.1 Å². The van der Waals surface area contributed by atoms with Crippen molar-refractivity contribution in [2.75, 3.05) is 6.54 Å². The van der Waals surface area contributed by atoms with Crippen LogP contribution >= 0.6 is 0 Å². The number of fused-ring (bicyclic) bond motifs is 1. The molecule has 0 fully saturated rings. The number of benzene rings is 2. The van der Waals surface area contributed by atoms with E-state index in [0.29, 0.717) is 23.1 Å². The Balaban J connectivity index is 2.13. The van der Waals surface area contributed by atoms with Crippen LogP contribution in [0.25, 0.3) is 22.3 Å². The highest BCUT2D eigenvalue weighted by Gasteiger charge is 2.31. The minimum absolute atomic E-state index is 0.0611. The summed E-state index contributed by atoms with van der Waals surface area (Å²) in [6, 6.07) is 9.07. The topological polar surface area (TPSA) is 64.1 Å². The first-order valence-corrected chi connectivity index (χ1v) is 9.61. The Labute approximate surface area is 172 Å². The zero-order valence-corrected chi connectivity index (χ0v) is 16.9. The first kappa shape index (κ1) is 21.5. The minimum Gasteiger partial charge on any atom is -0.406 e. The van der Waals surface area contributed by atoms with E-state index in [2.05, 4.69) is 20.0 Å². The molecule has 30 heavy (non-hydrogen) atoms. The van der Waals surface area contributed by atoms with E-state index in [4.69, 9.17) is 0 Å². The van der Waals surface area contributed by atoms with Crippen molar-refractivity contribution in [1.82, 2.24) is 15.3 Å². The SMILES string of the molecule is CCCCNC(=O)c1nc2cc(C)c(C)cc2nc1-c1cccc(OC(F)(F)F)c1. The number of amides is 1. The number of alkyl halides is 3. The quantitative estimate of drug-likeness (QED) is 0.550. The van der Waals surface area contributed by atoms with E-state index in [-0.39, 0.29) is 17.1 Å². The van der Waals surface area contributed by atoms with Crippen molar-refractivity contribution in [3.63, 3.8) is 0 Å². The highest BCUT2D eigenvalue weighted by atomic mass is 19.4. The lowest BCUT2D eigenvalue weighted by molar-refractivity contribution is -0.274. The Bertz CT molecular complexity index is 1080. The molecule has 8 heteroatoms. The lowest BCUT2D eigenvalue weighted by Crippen LogP contribution is -2.26. The molecular formula is C22H22F3N3O2. The van der Waals surface area contributed by atoms with Crippen LogP contribution in [0.15, 0.2) is 36.4 Å². The number of carbonyl (C=O) groups is 1. The number of halogens is 3. The number of ether oxygens (including phenoxy) is 1. The highest BCUT2D eigenvalue weighted by molar-refractivity contribution is 6.00. The second-order valence-electron chi connectivity index (χ2n) is 7.03. The number of hydrogen-bond acceptors (Lipinski definition) is 4. The summed E-state index contributed by atoms with van der Waals surface area (Å²) in [4.78, 5) is 21.9. The van der Waals surface area contributed by atoms with Crippen LogP contribution in [0.5, 0.6) is 5.75 Å². The summed E-state index contributed by atoms with van der Waals surface area (Å²) in [5, 5.41) is 2.80. The van der Waals surface area contributed by atoms with E-state index in [1.165, 1.54) is 18.2 Å². The van der Waals surface area contributed by atoms with Gasteiger partial charge in [-0.1, -0.05) is 25.5 Å². The molecule has 0 aliphatic heterocycles. The van der Waals surface area contributed by atoms with E-state index in [1.807, 2.05) is 32.9 Å². The molecule has 3 rings (SSSR count). The maximum atomic E-state index is 12.8. The fourth-order valence-electron chi connectivity index (χ4n) is 2.97. The van der Waals surface area contributed by atoms with Crippen LogP contribution in [-0.2, 0) is 0 Å². The molecule has 2 aromatic carbocycles. The van der Waals surface area contributed by atoms with Gasteiger partial charge in [0.2, 0.25) is 0 Å². The van der Waals surface area contributed by atoms with Crippen molar-refractivity contribution in [2.45, 2.75) is 40.0 Å². The lowest BCUT2D eigenvalue weighted by atomic mass is 10.1. The normalized spacial score (nSPS) is 11.5. The van der Waals surface area contributed by atoms with Gasteiger partial charge in [-0.3, -0.25) is 4.79 Å². The summed E-state index contributed by atoms with van der Waals surface area (Å²) in [6.07, 6.45) is -3.11. The number of nitrogens with one attached hydrogen (secondary N) is 1. The molecule has 0 saturated heterocycles. The van der Waals surface area contributed by atoms with Crippen LogP contribution in [0, 0.1) is 13.8 Å². The van der Waals surface area contributed by atoms with Gasteiger partial charge in [-0.15, -0.1) is 13.2 Å². The first-order chi connectivity index (χ1) is 14.2. The van der Waals surface area contributed by atoms with Gasteiger partial charge >= 0.3 is 6.36 Å². The molecule has 3 aromatic rings. The summed E-state index contributed by atoms with van der Waals surface area (Å²) in [5.74, 6) is -0.812. The number of aryl methyl sites for hydroxylation is 2. The molecule has 0 atom stereocenters. The van der Waals surface area contributed by atoms with Gasteiger partial charge < -0.3 is 10.1 Å². The van der Waals surface area contributed by atoms with E-state index in [9.17, 15) is 18.0 Å². The van der Waals surface area contributed by atoms with Gasteiger partial charge in [-0.05, 0) is 55.7 Å². The molecule has 1 N–H and O–H groups in total. The van der Waals surface area contributed by atoms with Gasteiger partial charge in [-0.25, -0.2) is 9.97 Å². The Morgan fingerprint density at radius 3 is 2.37 bits per heavy atom. The molecule has 158 valence electrons. The number of nitrogens with zero attached hydrogens (tertiary/aromatic N) is 2. The predicted molar refractivity (Wildman–Crippen MR) is 108 cm³/mol. The molecule has 0 radical (unpaired) electrons. The molecule has 1 heterocycles. The van der Waals surface area contributed by atoms with Crippen LogP contribution in [-0.4, -0.2) is 28.8 Å². The highest BCUT2D eigenvalue weighted by Crippen LogP contribution is 2.30. The van der Waals surface area contributed by atoms with Crippen molar-refractivity contribution in [3.05, 3.63) is 53.2 Å². The predicted octanol–water partition coefficient (Wildman–Crippen LogP) is 5.34. The Morgan fingerprint density at radius 2 is 1.73 bits per heavy atom. The molecule has 0 spiro atoms. The van der Waals surface area contributed by atoms with Crippen molar-refractivity contribution in [1.29, 1.82) is 0 Å². The average molecular weight is 417 g/mol. The van der Waals surface area contributed by atoms with Crippen molar-refractivity contribution in [2.24, 2.45) is 0 Å². The number of carbonyl (C=O) groups excluding carboxylic acids is 1. The first-order valence-electron chi connectivity index (χ1n) is 9.61. The van der Waals surface area contributed by atoms with Crippen LogP contribution in [0.2, 0.25) is 0 Å². The number of unbranched alkanes of at least 4 members (excludes halogenated alkanes) is 1. The van der Waals surface area contributed by atoms with Gasteiger partial charge in [0.25, 0.3) is 5.91 Å². The summed E-state index contributed by atoms with van der Waals surface area (Å²) in [5.41, 5.74) is 3.67. The van der Waals surface area contributed by atoms with Crippen LogP contribution in [0.3, 0.4) is 0 Å². The zero-order valence-electron chi connectivity index (χ0n) is 16.9. The van der Waals surface area contributed by atoms with Gasteiger partial charge in [0.1, 0.15) is 11.4 Å². The van der Waals surface area contributed by atoms with Crippen LogP contribution in [0.1, 0.15) is 41.4 Å². The maximum absolute atomic E-state index is 12.8. The van der Waals surface area contributed by atoms with E-state index < -0.39 is 12.3 Å². The Morgan fingerprint density at radius 1 is 1.07 bits per heavy atom. The molecule has 1 amide bonds. The largest absolute Gasteiger partial charge is 0.573 e. The number of aromatic nitrogens is 2. The van der Waals surface area contributed by atoms with Crippen molar-refractivity contribution < 1.29 is 22.7 Å². The standard InChI is InChI=1S/C22H22F3N3O2/c1-4-5-9-26-21(29)20-19(15-7-6-8-16(12-15)30-22(23,24)25)27-17-10-13(2)14(3)11-18(17)28-20/h6-8,10-12H,4-5,9H2,1-3H3,(H,26,29). The Hall–Kier alpha value is -3.16. The third kappa shape index (κ3) is 5.06. The fourth-order valence-corrected chi connectivity index (χ4v) is 2.97. The third-order valence-electron chi connectivity index (χ3n) is 4.65. The Kier molecular flexibility index (Phi) is 6.24. The molecule has 5 nitrogen and oxygen atoms in total. The van der Waals surface area contributed by atoms with E-state index in [1.54, 1.807) is 6.07 Å². The van der Waals surface area contributed by atoms with Gasteiger partial charge in [0.15, 0.2) is 5.69 Å². The second-order valence-corrected chi connectivity index (χ2v) is 7.03. The van der Waals surface area contributed by atoms with Crippen molar-refractivity contribution in [3.8, 4) is 17.0 Å². The summed E-state index contributed by atoms with van der Waals surface area (Å²) in [7, 11) is 0. The van der Waals surface area contributed by atoms with Crippen molar-refractivity contribution >= 4 is 16.9 Å². The third-order valence-corrected chi connectivity index (χ3v) is 4.65. The molecule has 0 unspecified atom stereocenters. The molecule has 0 aliphatic rings. The summed E-state index contributed by atoms with van der Waals surface area (Å²) < 4.78 is 41.9.